The number of hydrogen-bond donors (Lipinski definition) is 2. The van der Waals surface area contributed by atoms with Crippen LogP contribution in [0.15, 0.2) is 72.8 Å². The maximum absolute atomic E-state index is 12.6. The van der Waals surface area contributed by atoms with Crippen molar-refractivity contribution in [3.63, 3.8) is 0 Å². The first kappa shape index (κ1) is 24.6. The highest BCUT2D eigenvalue weighted by atomic mass is 35.5. The zero-order valence-electron chi connectivity index (χ0n) is 18.2. The molecule has 0 saturated heterocycles. The topological polar surface area (TPSA) is 70.7 Å². The van der Waals surface area contributed by atoms with Gasteiger partial charge in [-0.15, -0.1) is 0 Å². The van der Waals surface area contributed by atoms with E-state index in [0.29, 0.717) is 34.4 Å². The van der Waals surface area contributed by atoms with Gasteiger partial charge in [-0.25, -0.2) is 0 Å². The van der Waals surface area contributed by atoms with Crippen LogP contribution in [0.1, 0.15) is 5.56 Å². The Morgan fingerprint density at radius 3 is 1.64 bits per heavy atom. The van der Waals surface area contributed by atoms with E-state index < -0.39 is 0 Å². The van der Waals surface area contributed by atoms with Gasteiger partial charge in [-0.1, -0.05) is 35.3 Å². The van der Waals surface area contributed by atoms with Gasteiger partial charge in [0.25, 0.3) is 0 Å². The second-order valence-electron chi connectivity index (χ2n) is 7.42. The first-order chi connectivity index (χ1) is 15.9. The summed E-state index contributed by atoms with van der Waals surface area (Å²) in [6.07, 6.45) is 0.673. The molecule has 0 unspecified atom stereocenters. The fourth-order valence-electron chi connectivity index (χ4n) is 3.17. The number of nitrogens with one attached hydrogen (secondary N) is 2. The molecular weight excluding hydrogens is 461 g/mol. The maximum Gasteiger partial charge on any atom is 0.238 e. The van der Waals surface area contributed by atoms with Gasteiger partial charge in [0.1, 0.15) is 5.75 Å². The van der Waals surface area contributed by atoms with Crippen LogP contribution < -0.4 is 15.4 Å². The van der Waals surface area contributed by atoms with Crippen LogP contribution in [0.4, 0.5) is 11.4 Å². The van der Waals surface area contributed by atoms with E-state index in [1.807, 2.05) is 24.3 Å². The number of amides is 2. The SMILES string of the molecule is COc1ccc(CCN(CC(=O)Nc2ccc(Cl)cc2)CC(=O)Nc2ccc(Cl)cc2)cc1. The zero-order chi connectivity index (χ0) is 23.6. The smallest absolute Gasteiger partial charge is 0.238 e. The highest BCUT2D eigenvalue weighted by Gasteiger charge is 2.15. The van der Waals surface area contributed by atoms with E-state index >= 15 is 0 Å². The molecule has 172 valence electrons. The molecule has 0 radical (unpaired) electrons. The molecule has 0 fully saturated rings. The number of anilines is 2. The van der Waals surface area contributed by atoms with Crippen molar-refractivity contribution in [2.75, 3.05) is 37.4 Å². The third kappa shape index (κ3) is 8.42. The summed E-state index contributed by atoms with van der Waals surface area (Å²) in [5, 5.41) is 6.86. The van der Waals surface area contributed by atoms with Crippen molar-refractivity contribution in [3.05, 3.63) is 88.4 Å². The van der Waals surface area contributed by atoms with Gasteiger partial charge in [0.15, 0.2) is 0 Å². The summed E-state index contributed by atoms with van der Waals surface area (Å²) in [4.78, 5) is 27.1. The quantitative estimate of drug-likeness (QED) is 0.417. The minimum Gasteiger partial charge on any atom is -0.497 e. The molecule has 8 heteroatoms. The molecule has 6 nitrogen and oxygen atoms in total. The van der Waals surface area contributed by atoms with E-state index in [0.717, 1.165) is 11.3 Å². The number of ether oxygens (including phenoxy) is 1. The number of rotatable bonds is 10. The van der Waals surface area contributed by atoms with Gasteiger partial charge in [-0.05, 0) is 72.6 Å². The zero-order valence-corrected chi connectivity index (χ0v) is 19.7. The first-order valence-electron chi connectivity index (χ1n) is 10.4. The minimum absolute atomic E-state index is 0.0623. The molecule has 0 spiro atoms. The summed E-state index contributed by atoms with van der Waals surface area (Å²) in [5.41, 5.74) is 2.37. The lowest BCUT2D eigenvalue weighted by Crippen LogP contribution is -2.40. The number of halogens is 2. The number of hydrogen-bond acceptors (Lipinski definition) is 4. The van der Waals surface area contributed by atoms with Crippen molar-refractivity contribution in [2.24, 2.45) is 0 Å². The van der Waals surface area contributed by atoms with Gasteiger partial charge in [-0.3, -0.25) is 14.5 Å². The summed E-state index contributed by atoms with van der Waals surface area (Å²) in [6.45, 7) is 0.647. The van der Waals surface area contributed by atoms with Crippen LogP contribution in [-0.4, -0.2) is 43.5 Å². The third-order valence-electron chi connectivity index (χ3n) is 4.87. The monoisotopic (exact) mass is 485 g/mol. The number of methoxy groups -OCH3 is 1. The minimum atomic E-state index is -0.216. The van der Waals surface area contributed by atoms with Crippen LogP contribution in [0.5, 0.6) is 5.75 Å². The Labute approximate surface area is 203 Å². The van der Waals surface area contributed by atoms with Crippen LogP contribution in [0.3, 0.4) is 0 Å². The van der Waals surface area contributed by atoms with Crippen LogP contribution in [0, 0.1) is 0 Å². The lowest BCUT2D eigenvalue weighted by molar-refractivity contribution is -0.120. The molecule has 0 heterocycles. The molecule has 2 amide bonds. The van der Waals surface area contributed by atoms with Crippen molar-refractivity contribution < 1.29 is 14.3 Å². The number of benzene rings is 3. The molecule has 0 atom stereocenters. The standard InChI is InChI=1S/C25H25Cl2N3O3/c1-33-23-12-2-18(3-13-23)14-15-30(16-24(31)28-21-8-4-19(26)5-9-21)17-25(32)29-22-10-6-20(27)7-11-22/h2-13H,14-17H2,1H3,(H,28,31)(H,29,32). The van der Waals surface area contributed by atoms with Gasteiger partial charge in [0.05, 0.1) is 20.2 Å². The molecule has 3 rings (SSSR count). The molecule has 0 bridgehead atoms. The van der Waals surface area contributed by atoms with Crippen LogP contribution >= 0.6 is 23.2 Å². The second-order valence-corrected chi connectivity index (χ2v) is 8.29. The van der Waals surface area contributed by atoms with Crippen molar-refractivity contribution in [2.45, 2.75) is 6.42 Å². The van der Waals surface area contributed by atoms with Gasteiger partial charge in [0, 0.05) is 28.0 Å². The number of carbonyl (C=O) groups is 2. The number of carbonyl (C=O) groups excluding carboxylic acids is 2. The predicted octanol–water partition coefficient (Wildman–Crippen LogP) is 5.12. The molecule has 3 aromatic carbocycles. The van der Waals surface area contributed by atoms with Gasteiger partial charge < -0.3 is 15.4 Å². The Hall–Kier alpha value is -3.06. The Bertz CT molecular complexity index is 994. The second kappa shape index (κ2) is 12.3. The molecule has 0 aliphatic heterocycles. The van der Waals surface area contributed by atoms with Gasteiger partial charge in [-0.2, -0.15) is 0 Å². The summed E-state index contributed by atoms with van der Waals surface area (Å²) in [6, 6.07) is 21.5. The molecule has 0 aromatic heterocycles. The largest absolute Gasteiger partial charge is 0.497 e. The number of nitrogens with zero attached hydrogens (tertiary/aromatic N) is 1. The average molecular weight is 486 g/mol. The Morgan fingerprint density at radius 1 is 0.758 bits per heavy atom. The Balaban J connectivity index is 1.62. The Morgan fingerprint density at radius 2 is 1.21 bits per heavy atom. The fraction of sp³-hybridized carbons (Fsp3) is 0.200. The third-order valence-corrected chi connectivity index (χ3v) is 5.37. The molecule has 0 aliphatic carbocycles. The summed E-state index contributed by atoms with van der Waals surface area (Å²) >= 11 is 11.8. The lowest BCUT2D eigenvalue weighted by Gasteiger charge is -2.21. The van der Waals surface area contributed by atoms with Crippen molar-refractivity contribution in [1.29, 1.82) is 0 Å². The lowest BCUT2D eigenvalue weighted by atomic mass is 10.1. The van der Waals surface area contributed by atoms with Gasteiger partial charge >= 0.3 is 0 Å². The average Bonchev–Trinajstić information content (AvgIpc) is 2.81. The van der Waals surface area contributed by atoms with Gasteiger partial charge in [0.2, 0.25) is 11.8 Å². The van der Waals surface area contributed by atoms with Crippen molar-refractivity contribution >= 4 is 46.4 Å². The predicted molar refractivity (Wildman–Crippen MR) is 133 cm³/mol. The van der Waals surface area contributed by atoms with Crippen LogP contribution in [0.25, 0.3) is 0 Å². The molecule has 33 heavy (non-hydrogen) atoms. The summed E-state index contributed by atoms with van der Waals surface area (Å²) < 4.78 is 5.20. The molecule has 0 saturated carbocycles. The van der Waals surface area contributed by atoms with E-state index in [1.165, 1.54) is 0 Å². The molecule has 3 aromatic rings. The highest BCUT2D eigenvalue weighted by molar-refractivity contribution is 6.31. The fourth-order valence-corrected chi connectivity index (χ4v) is 3.42. The maximum atomic E-state index is 12.6. The van der Waals surface area contributed by atoms with Crippen molar-refractivity contribution in [3.8, 4) is 5.75 Å². The summed E-state index contributed by atoms with van der Waals surface area (Å²) in [7, 11) is 1.62. The summed E-state index contributed by atoms with van der Waals surface area (Å²) in [5.74, 6) is 0.345. The molecular formula is C25H25Cl2N3O3. The van der Waals surface area contributed by atoms with E-state index in [1.54, 1.807) is 60.5 Å². The van der Waals surface area contributed by atoms with E-state index in [9.17, 15) is 9.59 Å². The Kier molecular flexibility index (Phi) is 9.13. The normalized spacial score (nSPS) is 10.7. The van der Waals surface area contributed by atoms with Crippen molar-refractivity contribution in [1.82, 2.24) is 4.90 Å². The first-order valence-corrected chi connectivity index (χ1v) is 11.1. The van der Waals surface area contributed by atoms with E-state index in [-0.39, 0.29) is 24.9 Å². The molecule has 2 N–H and O–H groups in total. The van der Waals surface area contributed by atoms with E-state index in [4.69, 9.17) is 27.9 Å². The highest BCUT2D eigenvalue weighted by Crippen LogP contribution is 2.15. The van der Waals surface area contributed by atoms with E-state index in [2.05, 4.69) is 10.6 Å². The van der Waals surface area contributed by atoms with Crippen LogP contribution in [-0.2, 0) is 16.0 Å². The van der Waals surface area contributed by atoms with Crippen LogP contribution in [0.2, 0.25) is 10.0 Å². The molecule has 0 aliphatic rings.